The lowest BCUT2D eigenvalue weighted by atomic mass is 10.1. The van der Waals surface area contributed by atoms with Gasteiger partial charge in [-0.25, -0.2) is 4.79 Å². The van der Waals surface area contributed by atoms with Crippen LogP contribution in [0.2, 0.25) is 0 Å². The lowest BCUT2D eigenvalue weighted by molar-refractivity contribution is 0.0696. The number of amides is 1. The highest BCUT2D eigenvalue weighted by Crippen LogP contribution is 2.48. The maximum Gasteiger partial charge on any atom is 0.337 e. The van der Waals surface area contributed by atoms with E-state index in [4.69, 9.17) is 5.11 Å². The average molecular weight is 340 g/mol. The monoisotopic (exact) mass is 340 g/mol. The van der Waals surface area contributed by atoms with Crippen molar-refractivity contribution >= 4 is 11.9 Å². The quantitative estimate of drug-likeness (QED) is 0.868. The maximum atomic E-state index is 12.9. The van der Waals surface area contributed by atoms with Crippen LogP contribution in [0.15, 0.2) is 30.9 Å². The van der Waals surface area contributed by atoms with Crippen LogP contribution in [0.5, 0.6) is 0 Å². The largest absolute Gasteiger partial charge is 0.478 e. The minimum atomic E-state index is -1.07. The molecule has 2 atom stereocenters. The molecule has 0 radical (unpaired) electrons. The van der Waals surface area contributed by atoms with E-state index in [1.165, 1.54) is 24.0 Å². The molecule has 0 unspecified atom stereocenters. The fourth-order valence-corrected chi connectivity index (χ4v) is 3.37. The third kappa shape index (κ3) is 3.26. The average Bonchev–Trinajstić information content (AvgIpc) is 3.52. The molecule has 2 saturated carbocycles. The Morgan fingerprint density at radius 3 is 2.68 bits per heavy atom. The van der Waals surface area contributed by atoms with Gasteiger partial charge in [-0.2, -0.15) is 5.10 Å². The van der Waals surface area contributed by atoms with Crippen LogP contribution in [-0.2, 0) is 7.05 Å². The molecular weight excluding hydrogens is 320 g/mol. The van der Waals surface area contributed by atoms with Crippen molar-refractivity contribution in [1.82, 2.24) is 19.7 Å². The van der Waals surface area contributed by atoms with Gasteiger partial charge in [0.05, 0.1) is 17.3 Å². The summed E-state index contributed by atoms with van der Waals surface area (Å²) < 4.78 is 1.80. The summed E-state index contributed by atoms with van der Waals surface area (Å²) >= 11 is 0. The van der Waals surface area contributed by atoms with E-state index >= 15 is 0 Å². The highest BCUT2D eigenvalue weighted by atomic mass is 16.4. The number of carboxylic acids is 1. The van der Waals surface area contributed by atoms with Crippen molar-refractivity contribution in [2.75, 3.05) is 6.54 Å². The molecule has 2 fully saturated rings. The molecule has 2 aliphatic rings. The number of aromatic nitrogens is 3. The summed E-state index contributed by atoms with van der Waals surface area (Å²) in [6, 6.07) is 1.69. The van der Waals surface area contributed by atoms with Crippen molar-refractivity contribution < 1.29 is 14.7 Å². The summed E-state index contributed by atoms with van der Waals surface area (Å²) in [5.41, 5.74) is 1.62. The van der Waals surface area contributed by atoms with E-state index in [-0.39, 0.29) is 17.5 Å². The molecule has 0 saturated heterocycles. The van der Waals surface area contributed by atoms with Crippen LogP contribution in [0.4, 0.5) is 0 Å². The second-order valence-electron chi connectivity index (χ2n) is 7.01. The zero-order valence-corrected chi connectivity index (χ0v) is 14.0. The molecule has 1 N–H and O–H groups in total. The second-order valence-corrected chi connectivity index (χ2v) is 7.01. The molecule has 0 bridgehead atoms. The van der Waals surface area contributed by atoms with E-state index < -0.39 is 5.97 Å². The minimum absolute atomic E-state index is 0.0428. The lowest BCUT2D eigenvalue weighted by Gasteiger charge is -2.22. The third-order valence-corrected chi connectivity index (χ3v) is 4.99. The normalized spacial score (nSPS) is 21.8. The van der Waals surface area contributed by atoms with Crippen molar-refractivity contribution in [2.45, 2.75) is 31.2 Å². The Labute approximate surface area is 145 Å². The highest BCUT2D eigenvalue weighted by molar-refractivity contribution is 5.97. The van der Waals surface area contributed by atoms with E-state index in [1.807, 2.05) is 24.3 Å². The Kier molecular flexibility index (Phi) is 3.78. The Hall–Kier alpha value is -2.70. The molecule has 0 aliphatic heterocycles. The Bertz CT molecular complexity index is 827. The van der Waals surface area contributed by atoms with Gasteiger partial charge in [-0.05, 0) is 42.7 Å². The van der Waals surface area contributed by atoms with Gasteiger partial charge in [0.25, 0.3) is 5.91 Å². The molecule has 25 heavy (non-hydrogen) atoms. The zero-order valence-electron chi connectivity index (χ0n) is 14.0. The summed E-state index contributed by atoms with van der Waals surface area (Å²) in [4.78, 5) is 29.8. The van der Waals surface area contributed by atoms with Crippen LogP contribution in [0.1, 0.15) is 51.5 Å². The summed E-state index contributed by atoms with van der Waals surface area (Å²) in [6.07, 6.45) is 9.75. The van der Waals surface area contributed by atoms with E-state index in [0.29, 0.717) is 23.9 Å². The number of hydrogen-bond acceptors (Lipinski definition) is 4. The van der Waals surface area contributed by atoms with Crippen LogP contribution in [0.3, 0.4) is 0 Å². The molecule has 0 spiro atoms. The first-order valence-corrected chi connectivity index (χ1v) is 8.51. The number of carboxylic acid groups (broad SMARTS) is 1. The number of carbonyl (C=O) groups excluding carboxylic acids is 1. The number of pyridine rings is 1. The van der Waals surface area contributed by atoms with Gasteiger partial charge in [-0.3, -0.25) is 14.5 Å². The van der Waals surface area contributed by atoms with Crippen molar-refractivity contribution in [3.05, 3.63) is 47.5 Å². The summed E-state index contributed by atoms with van der Waals surface area (Å²) in [6.45, 7) is 0.709. The fraction of sp³-hybridized carbons (Fsp3) is 0.444. The van der Waals surface area contributed by atoms with Gasteiger partial charge < -0.3 is 10.0 Å². The zero-order chi connectivity index (χ0) is 17.6. The molecule has 7 heteroatoms. The third-order valence-electron chi connectivity index (χ3n) is 4.99. The molecule has 130 valence electrons. The maximum absolute atomic E-state index is 12.9. The number of hydrogen-bond donors (Lipinski definition) is 1. The predicted molar refractivity (Wildman–Crippen MR) is 89.3 cm³/mol. The van der Waals surface area contributed by atoms with Crippen LogP contribution in [0.25, 0.3) is 0 Å². The first-order valence-electron chi connectivity index (χ1n) is 8.51. The van der Waals surface area contributed by atoms with Gasteiger partial charge >= 0.3 is 5.97 Å². The van der Waals surface area contributed by atoms with Crippen LogP contribution >= 0.6 is 0 Å². The van der Waals surface area contributed by atoms with Crippen molar-refractivity contribution in [3.8, 4) is 0 Å². The van der Waals surface area contributed by atoms with Crippen molar-refractivity contribution in [3.63, 3.8) is 0 Å². The Balaban J connectivity index is 1.48. The number of carbonyl (C=O) groups is 2. The number of aromatic carboxylic acids is 1. The van der Waals surface area contributed by atoms with E-state index in [9.17, 15) is 9.59 Å². The molecule has 2 heterocycles. The molecular formula is C18H20N4O3. The van der Waals surface area contributed by atoms with Gasteiger partial charge in [0, 0.05) is 38.2 Å². The van der Waals surface area contributed by atoms with Gasteiger partial charge in [0.15, 0.2) is 0 Å². The smallest absolute Gasteiger partial charge is 0.337 e. The molecule has 0 aromatic carbocycles. The molecule has 7 nitrogen and oxygen atoms in total. The number of rotatable bonds is 6. The lowest BCUT2D eigenvalue weighted by Crippen LogP contribution is -2.35. The molecule has 2 aliphatic carbocycles. The van der Waals surface area contributed by atoms with E-state index in [1.54, 1.807) is 4.68 Å². The van der Waals surface area contributed by atoms with Crippen LogP contribution in [-0.4, -0.2) is 49.2 Å². The van der Waals surface area contributed by atoms with E-state index in [0.717, 1.165) is 19.3 Å². The SMILES string of the molecule is Cn1cc([C@@H]2C[C@H]2CN(C(=O)c2cncc(C(=O)O)c2)C2CC2)cn1. The summed E-state index contributed by atoms with van der Waals surface area (Å²) in [5, 5.41) is 13.3. The van der Waals surface area contributed by atoms with Crippen LogP contribution in [0, 0.1) is 5.92 Å². The fourth-order valence-electron chi connectivity index (χ4n) is 3.37. The highest BCUT2D eigenvalue weighted by Gasteiger charge is 2.44. The number of aryl methyl sites for hydroxylation is 1. The minimum Gasteiger partial charge on any atom is -0.478 e. The number of nitrogens with zero attached hydrogens (tertiary/aromatic N) is 4. The summed E-state index contributed by atoms with van der Waals surface area (Å²) in [5.74, 6) is -0.274. The van der Waals surface area contributed by atoms with Crippen molar-refractivity contribution in [2.24, 2.45) is 13.0 Å². The predicted octanol–water partition coefficient (Wildman–Crippen LogP) is 1.92. The van der Waals surface area contributed by atoms with Gasteiger partial charge in [-0.1, -0.05) is 0 Å². The topological polar surface area (TPSA) is 88.3 Å². The van der Waals surface area contributed by atoms with E-state index in [2.05, 4.69) is 10.1 Å². The first kappa shape index (κ1) is 15.8. The van der Waals surface area contributed by atoms with Gasteiger partial charge in [0.2, 0.25) is 0 Å². The second kappa shape index (κ2) is 5.98. The Morgan fingerprint density at radius 2 is 2.04 bits per heavy atom. The van der Waals surface area contributed by atoms with Crippen molar-refractivity contribution in [1.29, 1.82) is 0 Å². The Morgan fingerprint density at radius 1 is 1.28 bits per heavy atom. The summed E-state index contributed by atoms with van der Waals surface area (Å²) in [7, 11) is 1.91. The molecule has 2 aromatic heterocycles. The molecule has 2 aromatic rings. The van der Waals surface area contributed by atoms with Crippen LogP contribution < -0.4 is 0 Å². The molecule has 4 rings (SSSR count). The first-order chi connectivity index (χ1) is 12.0. The van der Waals surface area contributed by atoms with Gasteiger partial charge in [-0.15, -0.1) is 0 Å². The molecule has 1 amide bonds. The standard InChI is InChI=1S/C18H20N4O3/c1-21-9-14(8-20-21)16-5-13(16)10-22(15-2-3-15)17(23)11-4-12(18(24)25)7-19-6-11/h4,6-9,13,15-16H,2-3,5,10H2,1H3,(H,24,25)/t13-,16+/m0/s1. The van der Waals surface area contributed by atoms with Gasteiger partial charge in [0.1, 0.15) is 0 Å².